The number of non-ortho nitro benzene ring substituents is 1. The van der Waals surface area contributed by atoms with Crippen LogP contribution < -0.4 is 9.47 Å². The van der Waals surface area contributed by atoms with Gasteiger partial charge in [-0.2, -0.15) is 0 Å². The Morgan fingerprint density at radius 3 is 2.41 bits per heavy atom. The monoisotopic (exact) mass is 553 g/mol. The van der Waals surface area contributed by atoms with Gasteiger partial charge in [0.25, 0.3) is 11.6 Å². The minimum absolute atomic E-state index is 0.132. The Morgan fingerprint density at radius 2 is 1.79 bits per heavy atom. The first kappa shape index (κ1) is 29.6. The minimum atomic E-state index is -0.533. The van der Waals surface area contributed by atoms with E-state index < -0.39 is 10.8 Å². The summed E-state index contributed by atoms with van der Waals surface area (Å²) in [4.78, 5) is 43.4. The lowest BCUT2D eigenvalue weighted by Gasteiger charge is -2.31. The maximum Gasteiger partial charge on any atom is 0.270 e. The van der Waals surface area contributed by atoms with Crippen molar-refractivity contribution in [3.8, 4) is 11.5 Å². The number of methoxy groups -OCH3 is 2. The number of benzene rings is 2. The molecule has 0 spiro atoms. The lowest BCUT2D eigenvalue weighted by molar-refractivity contribution is -0.384. The number of amides is 2. The van der Waals surface area contributed by atoms with Crippen molar-refractivity contribution >= 4 is 28.8 Å². The summed E-state index contributed by atoms with van der Waals surface area (Å²) >= 11 is 1.63. The molecule has 2 aromatic carbocycles. The number of nitro benzene ring substituents is 1. The number of nitro groups is 1. The molecule has 9 nitrogen and oxygen atoms in total. The van der Waals surface area contributed by atoms with E-state index in [1.165, 1.54) is 23.1 Å². The lowest BCUT2D eigenvalue weighted by atomic mass is 10.1. The smallest absolute Gasteiger partial charge is 0.270 e. The number of hydrogen-bond acceptors (Lipinski definition) is 7. The van der Waals surface area contributed by atoms with E-state index in [1.54, 1.807) is 36.5 Å². The van der Waals surface area contributed by atoms with Gasteiger partial charge in [0, 0.05) is 40.0 Å². The molecule has 0 fully saturated rings. The van der Waals surface area contributed by atoms with Crippen molar-refractivity contribution in [2.24, 2.45) is 0 Å². The van der Waals surface area contributed by atoms with Crippen LogP contribution in [0.1, 0.15) is 45.9 Å². The molecule has 0 aliphatic carbocycles. The van der Waals surface area contributed by atoms with Crippen molar-refractivity contribution in [2.75, 3.05) is 27.3 Å². The normalized spacial score (nSPS) is 11.5. The van der Waals surface area contributed by atoms with Crippen molar-refractivity contribution in [1.29, 1.82) is 0 Å². The number of ether oxygens (including phenoxy) is 2. The molecule has 1 unspecified atom stereocenters. The molecule has 208 valence electrons. The second kappa shape index (κ2) is 13.7. The van der Waals surface area contributed by atoms with Crippen LogP contribution in [-0.4, -0.2) is 59.9 Å². The standard InChI is InChI=1S/C29H35N3O6S/c1-6-20(2)31(29(34)23-8-7-9-24(17-23)32(35)36)19-28(33)30(18-25-12-10-21(3)39-25)15-14-22-11-13-26(37-4)27(16-22)38-5/h7-13,16-17,20H,6,14-15,18-19H2,1-5H3. The largest absolute Gasteiger partial charge is 0.493 e. The molecule has 0 saturated heterocycles. The quantitative estimate of drug-likeness (QED) is 0.205. The van der Waals surface area contributed by atoms with Crippen molar-refractivity contribution < 1.29 is 24.0 Å². The Bertz CT molecular complexity index is 1310. The van der Waals surface area contributed by atoms with Gasteiger partial charge in [-0.1, -0.05) is 19.1 Å². The van der Waals surface area contributed by atoms with Gasteiger partial charge in [0.15, 0.2) is 11.5 Å². The first-order valence-electron chi connectivity index (χ1n) is 12.8. The summed E-state index contributed by atoms with van der Waals surface area (Å²) in [5, 5.41) is 11.2. The molecule has 0 saturated carbocycles. The summed E-state index contributed by atoms with van der Waals surface area (Å²) in [6, 6.07) is 15.1. The SMILES string of the molecule is CCC(C)N(CC(=O)N(CCc1ccc(OC)c(OC)c1)Cc1ccc(C)s1)C(=O)c1cccc([N+](=O)[O-])c1. The fourth-order valence-corrected chi connectivity index (χ4v) is 5.07. The number of carbonyl (C=O) groups is 2. The molecular formula is C29H35N3O6S. The average molecular weight is 554 g/mol. The van der Waals surface area contributed by atoms with Crippen molar-refractivity contribution in [2.45, 2.75) is 46.2 Å². The molecule has 10 heteroatoms. The van der Waals surface area contributed by atoms with Gasteiger partial charge >= 0.3 is 0 Å². The molecule has 0 bridgehead atoms. The molecule has 3 rings (SSSR count). The van der Waals surface area contributed by atoms with E-state index in [2.05, 4.69) is 0 Å². The van der Waals surface area contributed by atoms with Crippen LogP contribution in [0, 0.1) is 17.0 Å². The summed E-state index contributed by atoms with van der Waals surface area (Å²) in [7, 11) is 3.16. The third-order valence-corrected chi connectivity index (χ3v) is 7.59. The van der Waals surface area contributed by atoms with Crippen LogP contribution in [0.25, 0.3) is 0 Å². The highest BCUT2D eigenvalue weighted by molar-refractivity contribution is 7.11. The van der Waals surface area contributed by atoms with Gasteiger partial charge in [-0.3, -0.25) is 19.7 Å². The molecule has 2 amide bonds. The van der Waals surface area contributed by atoms with Crippen LogP contribution in [0.3, 0.4) is 0 Å². The molecule has 3 aromatic rings. The number of aryl methyl sites for hydroxylation is 1. The van der Waals surface area contributed by atoms with E-state index in [0.29, 0.717) is 37.4 Å². The molecule has 0 aliphatic heterocycles. The van der Waals surface area contributed by atoms with Crippen LogP contribution in [0.4, 0.5) is 5.69 Å². The third kappa shape index (κ3) is 7.79. The second-order valence-corrected chi connectivity index (χ2v) is 10.6. The first-order valence-corrected chi connectivity index (χ1v) is 13.6. The molecular weight excluding hydrogens is 518 g/mol. The van der Waals surface area contributed by atoms with Crippen molar-refractivity contribution in [3.05, 3.63) is 85.6 Å². The minimum Gasteiger partial charge on any atom is -0.493 e. The highest BCUT2D eigenvalue weighted by atomic mass is 32.1. The summed E-state index contributed by atoms with van der Waals surface area (Å²) in [5.41, 5.74) is 1.00. The molecule has 1 heterocycles. The molecule has 0 N–H and O–H groups in total. The topological polar surface area (TPSA) is 102 Å². The Hall–Kier alpha value is -3.92. The van der Waals surface area contributed by atoms with Gasteiger partial charge < -0.3 is 19.3 Å². The summed E-state index contributed by atoms with van der Waals surface area (Å²) < 4.78 is 10.8. The Morgan fingerprint density at radius 1 is 1.05 bits per heavy atom. The fraction of sp³-hybridized carbons (Fsp3) is 0.379. The van der Waals surface area contributed by atoms with E-state index in [9.17, 15) is 19.7 Å². The van der Waals surface area contributed by atoms with Gasteiger partial charge in [0.1, 0.15) is 6.54 Å². The van der Waals surface area contributed by atoms with E-state index >= 15 is 0 Å². The van der Waals surface area contributed by atoms with Crippen molar-refractivity contribution in [3.63, 3.8) is 0 Å². The molecule has 1 aromatic heterocycles. The number of hydrogen-bond donors (Lipinski definition) is 0. The number of thiophene rings is 1. The highest BCUT2D eigenvalue weighted by Crippen LogP contribution is 2.28. The van der Waals surface area contributed by atoms with Gasteiger partial charge in [-0.25, -0.2) is 0 Å². The summed E-state index contributed by atoms with van der Waals surface area (Å²) in [5.74, 6) is 0.646. The van der Waals surface area contributed by atoms with Crippen LogP contribution in [0.15, 0.2) is 54.6 Å². The molecule has 1 atom stereocenters. The zero-order chi connectivity index (χ0) is 28.5. The Labute approximate surface area is 233 Å². The Balaban J connectivity index is 1.84. The number of rotatable bonds is 13. The molecule has 39 heavy (non-hydrogen) atoms. The predicted molar refractivity (Wildman–Crippen MR) is 152 cm³/mol. The number of nitrogens with zero attached hydrogens (tertiary/aromatic N) is 3. The third-order valence-electron chi connectivity index (χ3n) is 6.61. The van der Waals surface area contributed by atoms with E-state index in [0.717, 1.165) is 15.3 Å². The zero-order valence-electron chi connectivity index (χ0n) is 23.0. The van der Waals surface area contributed by atoms with Crippen LogP contribution >= 0.6 is 11.3 Å². The zero-order valence-corrected chi connectivity index (χ0v) is 23.8. The first-order chi connectivity index (χ1) is 18.7. The summed E-state index contributed by atoms with van der Waals surface area (Å²) in [6.45, 7) is 6.55. The van der Waals surface area contributed by atoms with E-state index in [1.807, 2.05) is 51.1 Å². The lowest BCUT2D eigenvalue weighted by Crippen LogP contribution is -2.46. The molecule has 0 radical (unpaired) electrons. The maximum absolute atomic E-state index is 13.7. The van der Waals surface area contributed by atoms with Gasteiger partial charge in [0.2, 0.25) is 5.91 Å². The van der Waals surface area contributed by atoms with Crippen LogP contribution in [-0.2, 0) is 17.8 Å². The predicted octanol–water partition coefficient (Wildman–Crippen LogP) is 5.49. The van der Waals surface area contributed by atoms with Crippen molar-refractivity contribution in [1.82, 2.24) is 9.80 Å². The average Bonchev–Trinajstić information content (AvgIpc) is 3.37. The van der Waals surface area contributed by atoms with Gasteiger partial charge in [0.05, 0.1) is 25.7 Å². The fourth-order valence-electron chi connectivity index (χ4n) is 4.16. The maximum atomic E-state index is 13.7. The van der Waals surface area contributed by atoms with Crippen LogP contribution in [0.5, 0.6) is 11.5 Å². The van der Waals surface area contributed by atoms with E-state index in [4.69, 9.17) is 9.47 Å². The number of carbonyl (C=O) groups excluding carboxylic acids is 2. The van der Waals surface area contributed by atoms with Gasteiger partial charge in [-0.05, 0) is 62.6 Å². The Kier molecular flexibility index (Phi) is 10.4. The molecule has 0 aliphatic rings. The summed E-state index contributed by atoms with van der Waals surface area (Å²) in [6.07, 6.45) is 1.21. The van der Waals surface area contributed by atoms with Crippen LogP contribution in [0.2, 0.25) is 0 Å². The second-order valence-electron chi connectivity index (χ2n) is 9.26. The van der Waals surface area contributed by atoms with E-state index in [-0.39, 0.29) is 29.7 Å². The highest BCUT2D eigenvalue weighted by Gasteiger charge is 2.27. The van der Waals surface area contributed by atoms with Gasteiger partial charge in [-0.15, -0.1) is 11.3 Å².